The summed E-state index contributed by atoms with van der Waals surface area (Å²) >= 11 is 0. The molecule has 0 saturated carbocycles. The lowest BCUT2D eigenvalue weighted by atomic mass is 10.2. The quantitative estimate of drug-likeness (QED) is 0.607. The molecule has 0 spiro atoms. The van der Waals surface area contributed by atoms with Gasteiger partial charge >= 0.3 is 0 Å². The first-order valence-electron chi connectivity index (χ1n) is 2.77. The lowest BCUT2D eigenvalue weighted by Crippen LogP contribution is -1.68. The van der Waals surface area contributed by atoms with Gasteiger partial charge in [-0.15, -0.1) is 12.4 Å². The molecule has 1 N–H and O–H groups in total. The summed E-state index contributed by atoms with van der Waals surface area (Å²) in [6, 6.07) is 7.57. The molecule has 1 rings (SSSR count). The summed E-state index contributed by atoms with van der Waals surface area (Å²) in [6.07, 6.45) is 0. The maximum Gasteiger partial charge on any atom is 0.0879 e. The highest BCUT2D eigenvalue weighted by Crippen LogP contribution is 2.15. The molecule has 0 radical (unpaired) electrons. The van der Waals surface area contributed by atoms with Gasteiger partial charge in [-0.05, 0) is 18.6 Å². The molecule has 0 fully saturated rings. The van der Waals surface area contributed by atoms with Crippen LogP contribution in [0.25, 0.3) is 0 Å². The summed E-state index contributed by atoms with van der Waals surface area (Å²) < 4.78 is 0. The molecule has 0 unspecified atom stereocenters. The van der Waals surface area contributed by atoms with Crippen LogP contribution in [0.5, 0.6) is 0 Å². The van der Waals surface area contributed by atoms with Crippen LogP contribution in [0.3, 0.4) is 0 Å². The maximum absolute atomic E-state index is 6.71. The number of nitrogens with zero attached hydrogens (tertiary/aromatic N) is 1. The molecule has 1 aromatic carbocycles. The number of hydrogen-bond donors (Lipinski definition) is 1. The predicted molar refractivity (Wildman–Crippen MR) is 43.2 cm³/mol. The summed E-state index contributed by atoms with van der Waals surface area (Å²) in [5, 5.41) is 3.32. The first-order valence-corrected chi connectivity index (χ1v) is 2.77. The largest absolute Gasteiger partial charge is 0.204 e. The number of hydrogen-bond acceptors (Lipinski definition) is 2. The van der Waals surface area contributed by atoms with E-state index in [0.29, 0.717) is 0 Å². The number of para-hydroxylation sites is 1. The van der Waals surface area contributed by atoms with Crippen molar-refractivity contribution in [1.82, 2.24) is 0 Å². The van der Waals surface area contributed by atoms with Gasteiger partial charge in [0.05, 0.1) is 5.69 Å². The van der Waals surface area contributed by atoms with Crippen LogP contribution in [0.4, 0.5) is 5.69 Å². The lowest BCUT2D eigenvalue weighted by Gasteiger charge is -1.92. The highest BCUT2D eigenvalue weighted by atomic mass is 35.5. The molecule has 10 heavy (non-hydrogen) atoms. The monoisotopic (exact) mass is 156 g/mol. The molecule has 0 aliphatic heterocycles. The number of benzene rings is 1. The van der Waals surface area contributed by atoms with Gasteiger partial charge in [0.2, 0.25) is 0 Å². The third kappa shape index (κ3) is 1.81. The van der Waals surface area contributed by atoms with Crippen molar-refractivity contribution in [3.8, 4) is 0 Å². The van der Waals surface area contributed by atoms with E-state index in [4.69, 9.17) is 5.53 Å². The zero-order valence-corrected chi connectivity index (χ0v) is 6.48. The van der Waals surface area contributed by atoms with Gasteiger partial charge in [0, 0.05) is 0 Å². The van der Waals surface area contributed by atoms with Gasteiger partial charge in [-0.25, -0.2) is 5.53 Å². The molecule has 0 aromatic heterocycles. The summed E-state index contributed by atoms with van der Waals surface area (Å²) in [5.74, 6) is 0. The lowest BCUT2D eigenvalue weighted by molar-refractivity contribution is 1.13. The number of halogens is 1. The van der Waals surface area contributed by atoms with Crippen LogP contribution in [-0.4, -0.2) is 0 Å². The average Bonchev–Trinajstić information content (AvgIpc) is 1.89. The predicted octanol–water partition coefficient (Wildman–Crippen LogP) is 3.08. The summed E-state index contributed by atoms with van der Waals surface area (Å²) in [6.45, 7) is 1.94. The fourth-order valence-corrected chi connectivity index (χ4v) is 0.689. The van der Waals surface area contributed by atoms with Crippen LogP contribution < -0.4 is 0 Å². The van der Waals surface area contributed by atoms with E-state index < -0.39 is 0 Å². The molecule has 3 heteroatoms. The Labute approximate surface area is 66.2 Å². The van der Waals surface area contributed by atoms with Gasteiger partial charge < -0.3 is 0 Å². The van der Waals surface area contributed by atoms with Crippen molar-refractivity contribution in [3.05, 3.63) is 29.8 Å². The molecule has 0 heterocycles. The van der Waals surface area contributed by atoms with Crippen molar-refractivity contribution in [2.45, 2.75) is 6.92 Å². The van der Waals surface area contributed by atoms with Crippen molar-refractivity contribution >= 4 is 18.1 Å². The molecule has 54 valence electrons. The van der Waals surface area contributed by atoms with E-state index in [9.17, 15) is 0 Å². The Hall–Kier alpha value is -0.890. The normalized spacial score (nSPS) is 8.10. The third-order valence-corrected chi connectivity index (χ3v) is 1.24. The highest BCUT2D eigenvalue weighted by molar-refractivity contribution is 5.85. The Bertz CT molecular complexity index is 223. The van der Waals surface area contributed by atoms with Gasteiger partial charge in [0.25, 0.3) is 0 Å². The van der Waals surface area contributed by atoms with E-state index in [1.165, 1.54) is 0 Å². The second-order valence-corrected chi connectivity index (χ2v) is 1.90. The second-order valence-electron chi connectivity index (χ2n) is 1.90. The topological polar surface area (TPSA) is 36.2 Å². The Balaban J connectivity index is 0.000000810. The molecule has 0 aliphatic rings. The van der Waals surface area contributed by atoms with Crippen molar-refractivity contribution in [1.29, 1.82) is 5.53 Å². The standard InChI is InChI=1S/C7H8N2.ClH/c1-6-4-2-3-5-7(6)9-8;/h2-5,8H,1H3;1H. The zero-order valence-electron chi connectivity index (χ0n) is 5.66. The van der Waals surface area contributed by atoms with Crippen LogP contribution >= 0.6 is 12.4 Å². The molecular formula is C7H9ClN2. The molecule has 0 atom stereocenters. The first-order chi connectivity index (χ1) is 4.34. The van der Waals surface area contributed by atoms with E-state index >= 15 is 0 Å². The average molecular weight is 157 g/mol. The Morgan fingerprint density at radius 3 is 2.30 bits per heavy atom. The Morgan fingerprint density at radius 2 is 1.90 bits per heavy atom. The number of rotatable bonds is 1. The van der Waals surface area contributed by atoms with Crippen molar-refractivity contribution in [2.24, 2.45) is 5.11 Å². The summed E-state index contributed by atoms with van der Waals surface area (Å²) in [7, 11) is 0. The Morgan fingerprint density at radius 1 is 1.30 bits per heavy atom. The molecule has 2 nitrogen and oxygen atoms in total. The van der Waals surface area contributed by atoms with E-state index in [0.717, 1.165) is 11.3 Å². The highest BCUT2D eigenvalue weighted by Gasteiger charge is 1.89. The van der Waals surface area contributed by atoms with E-state index in [2.05, 4.69) is 5.11 Å². The maximum atomic E-state index is 6.71. The number of nitrogens with one attached hydrogen (secondary N) is 1. The minimum Gasteiger partial charge on any atom is -0.204 e. The van der Waals surface area contributed by atoms with Gasteiger partial charge in [0.15, 0.2) is 0 Å². The van der Waals surface area contributed by atoms with Gasteiger partial charge in [-0.1, -0.05) is 18.2 Å². The van der Waals surface area contributed by atoms with Crippen molar-refractivity contribution in [2.75, 3.05) is 0 Å². The first kappa shape index (κ1) is 9.11. The van der Waals surface area contributed by atoms with Crippen LogP contribution in [-0.2, 0) is 0 Å². The van der Waals surface area contributed by atoms with E-state index in [1.807, 2.05) is 31.2 Å². The molecule has 1 aromatic rings. The van der Waals surface area contributed by atoms with Crippen LogP contribution in [0.1, 0.15) is 5.56 Å². The molecule has 0 amide bonds. The molecular weight excluding hydrogens is 148 g/mol. The van der Waals surface area contributed by atoms with Crippen molar-refractivity contribution in [3.63, 3.8) is 0 Å². The minimum atomic E-state index is 0. The van der Waals surface area contributed by atoms with Crippen LogP contribution in [0, 0.1) is 12.5 Å². The molecule has 0 saturated heterocycles. The third-order valence-electron chi connectivity index (χ3n) is 1.24. The van der Waals surface area contributed by atoms with E-state index in [1.54, 1.807) is 0 Å². The van der Waals surface area contributed by atoms with Crippen LogP contribution in [0.15, 0.2) is 29.4 Å². The SMILES string of the molecule is Cc1ccccc1N=N.Cl. The second kappa shape index (κ2) is 4.01. The summed E-state index contributed by atoms with van der Waals surface area (Å²) in [5.41, 5.74) is 8.51. The van der Waals surface area contributed by atoms with Gasteiger partial charge in [0.1, 0.15) is 0 Å². The Kier molecular flexibility index (Phi) is 3.65. The zero-order chi connectivity index (χ0) is 6.69. The molecule has 0 bridgehead atoms. The smallest absolute Gasteiger partial charge is 0.0879 e. The van der Waals surface area contributed by atoms with Gasteiger partial charge in [-0.3, -0.25) is 0 Å². The van der Waals surface area contributed by atoms with Crippen molar-refractivity contribution < 1.29 is 0 Å². The fourth-order valence-electron chi connectivity index (χ4n) is 0.689. The number of aryl methyl sites for hydroxylation is 1. The van der Waals surface area contributed by atoms with Crippen LogP contribution in [0.2, 0.25) is 0 Å². The van der Waals surface area contributed by atoms with Gasteiger partial charge in [-0.2, -0.15) is 5.11 Å². The van der Waals surface area contributed by atoms with E-state index in [-0.39, 0.29) is 12.4 Å². The molecule has 0 aliphatic carbocycles. The summed E-state index contributed by atoms with van der Waals surface area (Å²) in [4.78, 5) is 0. The minimum absolute atomic E-state index is 0. The fraction of sp³-hybridized carbons (Fsp3) is 0.143.